The van der Waals surface area contributed by atoms with Crippen molar-refractivity contribution >= 4 is 32.8 Å². The predicted octanol–water partition coefficient (Wildman–Crippen LogP) is 5.75. The Hall–Kier alpha value is -1.90. The maximum absolute atomic E-state index is 3.46. The Labute approximate surface area is 146 Å². The summed E-state index contributed by atoms with van der Waals surface area (Å²) in [5.41, 5.74) is 2.61. The van der Waals surface area contributed by atoms with Crippen LogP contribution in [0.25, 0.3) is 16.8 Å². The first-order chi connectivity index (χ1) is 11.2. The van der Waals surface area contributed by atoms with Crippen molar-refractivity contribution in [3.63, 3.8) is 0 Å². The minimum atomic E-state index is 0.930. The van der Waals surface area contributed by atoms with Gasteiger partial charge in [-0.25, -0.2) is 0 Å². The highest BCUT2D eigenvalue weighted by atomic mass is 79.9. The second kappa shape index (κ2) is 7.58. The molecule has 0 bridgehead atoms. The molecule has 3 aromatic rings. The molecule has 0 saturated carbocycles. The van der Waals surface area contributed by atoms with Crippen LogP contribution < -0.4 is 0 Å². The molecule has 0 N–H and O–H groups in total. The topological polar surface area (TPSA) is 3.24 Å². The summed E-state index contributed by atoms with van der Waals surface area (Å²) < 4.78 is 1.11. The van der Waals surface area contributed by atoms with Crippen molar-refractivity contribution in [2.45, 2.75) is 6.54 Å². The van der Waals surface area contributed by atoms with E-state index in [9.17, 15) is 0 Å². The summed E-state index contributed by atoms with van der Waals surface area (Å²) in [6, 6.07) is 23.5. The normalized spacial score (nSPS) is 11.6. The van der Waals surface area contributed by atoms with Crippen molar-refractivity contribution in [3.8, 4) is 0 Å². The number of rotatable bonds is 5. The summed E-state index contributed by atoms with van der Waals surface area (Å²) in [4.78, 5) is 2.33. The number of hydrogen-bond donors (Lipinski definition) is 0. The lowest BCUT2D eigenvalue weighted by atomic mass is 10.0. The summed E-state index contributed by atoms with van der Waals surface area (Å²) in [6.45, 7) is 1.88. The van der Waals surface area contributed by atoms with E-state index < -0.39 is 0 Å². The first-order valence-electron chi connectivity index (χ1n) is 7.80. The molecule has 0 spiro atoms. The largest absolute Gasteiger partial charge is 0.298 e. The Kier molecular flexibility index (Phi) is 5.27. The smallest absolute Gasteiger partial charge is 0.0240 e. The van der Waals surface area contributed by atoms with Gasteiger partial charge in [0.1, 0.15) is 0 Å². The highest BCUT2D eigenvalue weighted by Crippen LogP contribution is 2.19. The zero-order valence-corrected chi connectivity index (χ0v) is 14.8. The van der Waals surface area contributed by atoms with Gasteiger partial charge in [-0.1, -0.05) is 82.7 Å². The Morgan fingerprint density at radius 2 is 1.65 bits per heavy atom. The maximum Gasteiger partial charge on any atom is 0.0240 e. The predicted molar refractivity (Wildman–Crippen MR) is 103 cm³/mol. The van der Waals surface area contributed by atoms with E-state index in [0.717, 1.165) is 17.6 Å². The number of halogens is 1. The standard InChI is InChI=1S/C21H20BrN/c1-23(15-5-6-17-11-13-20(22)14-12-17)16-19-9-4-8-18-7-2-3-10-21(18)19/h2-14H,15-16H2,1H3/b6-5+. The summed E-state index contributed by atoms with van der Waals surface area (Å²) >= 11 is 3.46. The van der Waals surface area contributed by atoms with Crippen LogP contribution in [-0.4, -0.2) is 18.5 Å². The molecule has 0 radical (unpaired) electrons. The molecule has 3 rings (SSSR count). The van der Waals surface area contributed by atoms with Crippen LogP contribution in [0.5, 0.6) is 0 Å². The van der Waals surface area contributed by atoms with Gasteiger partial charge in [0, 0.05) is 17.6 Å². The zero-order chi connectivity index (χ0) is 16.1. The van der Waals surface area contributed by atoms with E-state index in [-0.39, 0.29) is 0 Å². The minimum Gasteiger partial charge on any atom is -0.298 e. The third kappa shape index (κ3) is 4.31. The fourth-order valence-corrected chi connectivity index (χ4v) is 2.99. The molecular weight excluding hydrogens is 346 g/mol. The molecule has 116 valence electrons. The molecule has 0 saturated heterocycles. The van der Waals surface area contributed by atoms with Gasteiger partial charge in [-0.05, 0) is 41.1 Å². The lowest BCUT2D eigenvalue weighted by molar-refractivity contribution is 0.365. The van der Waals surface area contributed by atoms with Crippen molar-refractivity contribution in [2.24, 2.45) is 0 Å². The summed E-state index contributed by atoms with van der Waals surface area (Å²) in [5.74, 6) is 0. The highest BCUT2D eigenvalue weighted by Gasteiger charge is 2.03. The second-order valence-corrected chi connectivity index (χ2v) is 6.70. The number of hydrogen-bond acceptors (Lipinski definition) is 1. The molecule has 3 aromatic carbocycles. The highest BCUT2D eigenvalue weighted by molar-refractivity contribution is 9.10. The number of fused-ring (bicyclic) bond motifs is 1. The average Bonchev–Trinajstić information content (AvgIpc) is 2.57. The summed E-state index contributed by atoms with van der Waals surface area (Å²) in [7, 11) is 2.16. The molecule has 0 heterocycles. The van der Waals surface area contributed by atoms with Gasteiger partial charge in [0.05, 0.1) is 0 Å². The van der Waals surface area contributed by atoms with Crippen molar-refractivity contribution < 1.29 is 0 Å². The fraction of sp³-hybridized carbons (Fsp3) is 0.143. The van der Waals surface area contributed by atoms with E-state index in [1.54, 1.807) is 0 Å². The van der Waals surface area contributed by atoms with Crippen LogP contribution in [0.4, 0.5) is 0 Å². The first kappa shape index (κ1) is 16.0. The Morgan fingerprint density at radius 1 is 0.913 bits per heavy atom. The van der Waals surface area contributed by atoms with E-state index in [1.807, 2.05) is 0 Å². The lowest BCUT2D eigenvalue weighted by Gasteiger charge is -2.16. The quantitative estimate of drug-likeness (QED) is 0.556. The van der Waals surface area contributed by atoms with Crippen molar-refractivity contribution in [3.05, 3.63) is 88.4 Å². The molecule has 0 aromatic heterocycles. The van der Waals surface area contributed by atoms with Gasteiger partial charge in [0.15, 0.2) is 0 Å². The zero-order valence-electron chi connectivity index (χ0n) is 13.2. The monoisotopic (exact) mass is 365 g/mol. The van der Waals surface area contributed by atoms with Gasteiger partial charge < -0.3 is 0 Å². The van der Waals surface area contributed by atoms with Gasteiger partial charge in [-0.15, -0.1) is 0 Å². The van der Waals surface area contributed by atoms with Crippen molar-refractivity contribution in [1.82, 2.24) is 4.90 Å². The molecule has 2 heteroatoms. The van der Waals surface area contributed by atoms with Crippen molar-refractivity contribution in [2.75, 3.05) is 13.6 Å². The van der Waals surface area contributed by atoms with Crippen LogP contribution in [-0.2, 0) is 6.54 Å². The van der Waals surface area contributed by atoms with Gasteiger partial charge in [-0.2, -0.15) is 0 Å². The van der Waals surface area contributed by atoms with E-state index in [1.165, 1.54) is 21.9 Å². The average molecular weight is 366 g/mol. The molecule has 1 nitrogen and oxygen atoms in total. The van der Waals surface area contributed by atoms with E-state index >= 15 is 0 Å². The Morgan fingerprint density at radius 3 is 2.48 bits per heavy atom. The SMILES string of the molecule is CN(C/C=C/c1ccc(Br)cc1)Cc1cccc2ccccc12. The Bertz CT molecular complexity index is 800. The van der Waals surface area contributed by atoms with Crippen molar-refractivity contribution in [1.29, 1.82) is 0 Å². The Balaban J connectivity index is 1.64. The van der Waals surface area contributed by atoms with Gasteiger partial charge in [0.25, 0.3) is 0 Å². The first-order valence-corrected chi connectivity index (χ1v) is 8.59. The van der Waals surface area contributed by atoms with Crippen LogP contribution in [0, 0.1) is 0 Å². The van der Waals surface area contributed by atoms with Gasteiger partial charge >= 0.3 is 0 Å². The number of likely N-dealkylation sites (N-methyl/N-ethyl adjacent to an activating group) is 1. The number of nitrogens with zero attached hydrogens (tertiary/aromatic N) is 1. The fourth-order valence-electron chi connectivity index (χ4n) is 2.73. The molecule has 0 atom stereocenters. The van der Waals surface area contributed by atoms with Crippen LogP contribution in [0.15, 0.2) is 77.3 Å². The molecular formula is C21H20BrN. The molecule has 0 aliphatic rings. The minimum absolute atomic E-state index is 0.930. The van der Waals surface area contributed by atoms with Crippen LogP contribution in [0.1, 0.15) is 11.1 Å². The molecule has 0 fully saturated rings. The molecule has 0 unspecified atom stereocenters. The van der Waals surface area contributed by atoms with Crippen LogP contribution in [0.3, 0.4) is 0 Å². The molecule has 0 aliphatic heterocycles. The van der Waals surface area contributed by atoms with E-state index in [2.05, 4.69) is 107 Å². The third-order valence-corrected chi connectivity index (χ3v) is 4.45. The van der Waals surface area contributed by atoms with Crippen LogP contribution >= 0.6 is 15.9 Å². The summed E-state index contributed by atoms with van der Waals surface area (Å²) in [6.07, 6.45) is 4.39. The third-order valence-electron chi connectivity index (χ3n) is 3.92. The lowest BCUT2D eigenvalue weighted by Crippen LogP contribution is -2.17. The second-order valence-electron chi connectivity index (χ2n) is 5.79. The van der Waals surface area contributed by atoms with Gasteiger partial charge in [0.2, 0.25) is 0 Å². The van der Waals surface area contributed by atoms with E-state index in [4.69, 9.17) is 0 Å². The maximum atomic E-state index is 3.46. The van der Waals surface area contributed by atoms with Gasteiger partial charge in [-0.3, -0.25) is 4.90 Å². The summed E-state index contributed by atoms with van der Waals surface area (Å²) in [5, 5.41) is 2.66. The number of benzene rings is 3. The molecule has 23 heavy (non-hydrogen) atoms. The molecule has 0 aliphatic carbocycles. The van der Waals surface area contributed by atoms with E-state index in [0.29, 0.717) is 0 Å². The molecule has 0 amide bonds. The van der Waals surface area contributed by atoms with Crippen LogP contribution in [0.2, 0.25) is 0 Å².